The van der Waals surface area contributed by atoms with E-state index in [1.54, 1.807) is 0 Å². The van der Waals surface area contributed by atoms with E-state index in [0.717, 1.165) is 30.1 Å². The van der Waals surface area contributed by atoms with Crippen LogP contribution in [0.1, 0.15) is 22.8 Å². The number of aromatic nitrogens is 3. The van der Waals surface area contributed by atoms with Crippen molar-refractivity contribution in [2.45, 2.75) is 37.1 Å². The number of amides is 2. The second-order valence-electron chi connectivity index (χ2n) is 9.48. The first-order valence-electron chi connectivity index (χ1n) is 11.9. The maximum Gasteiger partial charge on any atom is 0.426 e. The molecular weight excluding hydrogens is 585 g/mol. The molecule has 0 radical (unpaired) electrons. The molecule has 228 valence electrons. The van der Waals surface area contributed by atoms with Crippen molar-refractivity contribution < 1.29 is 54.9 Å². The smallest absolute Gasteiger partial charge is 0.426 e. The van der Waals surface area contributed by atoms with Gasteiger partial charge in [-0.2, -0.15) is 31.4 Å². The number of fused-ring (bicyclic) bond motifs is 1. The third-order valence-corrected chi connectivity index (χ3v) is 6.73. The van der Waals surface area contributed by atoms with E-state index in [2.05, 4.69) is 15.4 Å². The Hall–Kier alpha value is -4.35. The van der Waals surface area contributed by atoms with Crippen molar-refractivity contribution in [2.24, 2.45) is 0 Å². The molecular formula is C24H23F7N6O5. The molecule has 1 aromatic carbocycles. The molecule has 1 aliphatic rings. The van der Waals surface area contributed by atoms with Gasteiger partial charge < -0.3 is 30.5 Å². The van der Waals surface area contributed by atoms with Gasteiger partial charge in [0.15, 0.2) is 17.3 Å². The predicted octanol–water partition coefficient (Wildman–Crippen LogP) is 2.61. The molecule has 0 bridgehead atoms. The van der Waals surface area contributed by atoms with Crippen molar-refractivity contribution in [3.63, 3.8) is 0 Å². The number of nitrogens with two attached hydrogens (primary N) is 1. The molecule has 0 aliphatic carbocycles. The van der Waals surface area contributed by atoms with Crippen LogP contribution in [0.15, 0.2) is 24.5 Å². The molecule has 18 heteroatoms. The van der Waals surface area contributed by atoms with Gasteiger partial charge in [-0.05, 0) is 25.1 Å². The number of rotatable bonds is 6. The summed E-state index contributed by atoms with van der Waals surface area (Å²) in [6, 6.07) is 1.58. The number of carbonyl (C=O) groups is 2. The fourth-order valence-corrected chi connectivity index (χ4v) is 4.51. The van der Waals surface area contributed by atoms with E-state index >= 15 is 0 Å². The Kier molecular flexibility index (Phi) is 7.64. The monoisotopic (exact) mass is 608 g/mol. The first kappa shape index (κ1) is 30.6. The SMILES string of the molecule is COc1cc(-c2cc(C(F)(F)F)c3c(N)ncnn23)cc(C(=O)N[C@@H]2CN(C(=O)C(C)(O)C(F)(F)F)C[C@@H]2F)c1OC. The first-order chi connectivity index (χ1) is 19.4. The van der Waals surface area contributed by atoms with Crippen molar-refractivity contribution >= 4 is 23.1 Å². The first-order valence-corrected chi connectivity index (χ1v) is 11.9. The molecule has 11 nitrogen and oxygen atoms in total. The maximum absolute atomic E-state index is 14.8. The lowest BCUT2D eigenvalue weighted by Crippen LogP contribution is -2.56. The van der Waals surface area contributed by atoms with E-state index < -0.39 is 72.0 Å². The summed E-state index contributed by atoms with van der Waals surface area (Å²) in [6.07, 6.45) is -11.3. The van der Waals surface area contributed by atoms with Gasteiger partial charge in [-0.15, -0.1) is 0 Å². The van der Waals surface area contributed by atoms with Crippen LogP contribution in [0.5, 0.6) is 11.5 Å². The van der Waals surface area contributed by atoms with Crippen molar-refractivity contribution in [1.82, 2.24) is 24.8 Å². The normalized spacial score (nSPS) is 19.1. The second-order valence-corrected chi connectivity index (χ2v) is 9.48. The van der Waals surface area contributed by atoms with Crippen LogP contribution in [0.3, 0.4) is 0 Å². The fourth-order valence-electron chi connectivity index (χ4n) is 4.51. The van der Waals surface area contributed by atoms with Crippen LogP contribution in [0.4, 0.5) is 36.6 Å². The van der Waals surface area contributed by atoms with Crippen LogP contribution in [-0.2, 0) is 11.0 Å². The number of alkyl halides is 7. The summed E-state index contributed by atoms with van der Waals surface area (Å²) in [4.78, 5) is 29.6. The summed E-state index contributed by atoms with van der Waals surface area (Å²) in [7, 11) is 2.34. The highest BCUT2D eigenvalue weighted by Crippen LogP contribution is 2.42. The van der Waals surface area contributed by atoms with Gasteiger partial charge in [-0.1, -0.05) is 0 Å². The third-order valence-electron chi connectivity index (χ3n) is 6.73. The summed E-state index contributed by atoms with van der Waals surface area (Å²) in [5, 5.41) is 15.8. The molecule has 1 saturated heterocycles. The number of nitrogen functional groups attached to an aromatic ring is 1. The molecule has 3 atom stereocenters. The van der Waals surface area contributed by atoms with Crippen LogP contribution in [-0.4, -0.2) is 87.7 Å². The third kappa shape index (κ3) is 5.21. The van der Waals surface area contributed by atoms with E-state index in [9.17, 15) is 45.4 Å². The van der Waals surface area contributed by atoms with E-state index in [1.807, 2.05) is 0 Å². The molecule has 1 aliphatic heterocycles. The summed E-state index contributed by atoms with van der Waals surface area (Å²) in [6.45, 7) is -1.34. The highest BCUT2D eigenvalue weighted by Gasteiger charge is 2.58. The Labute approximate surface area is 232 Å². The molecule has 4 N–H and O–H groups in total. The molecule has 1 fully saturated rings. The van der Waals surface area contributed by atoms with Gasteiger partial charge in [0.05, 0.1) is 43.6 Å². The number of carbonyl (C=O) groups excluding carboxylic acids is 2. The lowest BCUT2D eigenvalue weighted by atomic mass is 10.0. The van der Waals surface area contributed by atoms with E-state index in [4.69, 9.17) is 15.2 Å². The Balaban J connectivity index is 1.72. The zero-order chi connectivity index (χ0) is 31.4. The van der Waals surface area contributed by atoms with E-state index in [-0.39, 0.29) is 35.2 Å². The minimum atomic E-state index is -5.34. The Morgan fingerprint density at radius 2 is 1.76 bits per heavy atom. The summed E-state index contributed by atoms with van der Waals surface area (Å²) >= 11 is 0. The van der Waals surface area contributed by atoms with Crippen molar-refractivity contribution in [1.29, 1.82) is 0 Å². The molecule has 1 unspecified atom stereocenters. The minimum absolute atomic E-state index is 0.0392. The van der Waals surface area contributed by atoms with Gasteiger partial charge in [0.25, 0.3) is 11.8 Å². The van der Waals surface area contributed by atoms with Crippen LogP contribution in [0.25, 0.3) is 16.8 Å². The van der Waals surface area contributed by atoms with Crippen LogP contribution in [0.2, 0.25) is 0 Å². The maximum atomic E-state index is 14.8. The minimum Gasteiger partial charge on any atom is -0.493 e. The number of hydrogen-bond donors (Lipinski definition) is 3. The van der Waals surface area contributed by atoms with Gasteiger partial charge in [-0.25, -0.2) is 13.9 Å². The van der Waals surface area contributed by atoms with Crippen LogP contribution in [0, 0.1) is 0 Å². The van der Waals surface area contributed by atoms with Crippen LogP contribution < -0.4 is 20.5 Å². The number of methoxy groups -OCH3 is 2. The summed E-state index contributed by atoms with van der Waals surface area (Å²) in [5.41, 5.74) is -0.390. The van der Waals surface area contributed by atoms with Crippen molar-refractivity contribution in [2.75, 3.05) is 33.0 Å². The largest absolute Gasteiger partial charge is 0.493 e. The topological polar surface area (TPSA) is 144 Å². The number of nitrogens with zero attached hydrogens (tertiary/aromatic N) is 4. The number of ether oxygens (including phenoxy) is 2. The number of nitrogens with one attached hydrogen (secondary N) is 1. The quantitative estimate of drug-likeness (QED) is 0.363. The molecule has 4 rings (SSSR count). The van der Waals surface area contributed by atoms with E-state index in [0.29, 0.717) is 4.90 Å². The van der Waals surface area contributed by atoms with Gasteiger partial charge in [0.2, 0.25) is 5.60 Å². The number of aliphatic hydroxyl groups is 1. The average molecular weight is 608 g/mol. The average Bonchev–Trinajstić information content (AvgIpc) is 3.48. The number of hydrogen-bond acceptors (Lipinski definition) is 8. The standard InChI is InChI=1S/C24H23F7N6O5/c1-22(40,24(29,30)31)21(39)36-7-13(25)14(8-36)35-20(38)11-4-10(5-16(41-2)18(11)42-3)15-6-12(23(26,27)28)17-19(32)33-9-34-37(15)17/h4-6,9,13-14,40H,7-8H2,1-3H3,(H,35,38)(H2,32,33,34)/t13-,14+,22?/m0/s1. The number of benzene rings is 1. The second kappa shape index (κ2) is 10.5. The zero-order valence-corrected chi connectivity index (χ0v) is 22.0. The predicted molar refractivity (Wildman–Crippen MR) is 130 cm³/mol. The van der Waals surface area contributed by atoms with Gasteiger partial charge in [0, 0.05) is 12.1 Å². The number of halogens is 7. The highest BCUT2D eigenvalue weighted by atomic mass is 19.4. The molecule has 3 aromatic rings. The molecule has 3 heterocycles. The van der Waals surface area contributed by atoms with Gasteiger partial charge >= 0.3 is 12.4 Å². The van der Waals surface area contributed by atoms with Gasteiger partial charge in [0.1, 0.15) is 18.0 Å². The van der Waals surface area contributed by atoms with Crippen LogP contribution >= 0.6 is 0 Å². The van der Waals surface area contributed by atoms with Crippen molar-refractivity contribution in [3.8, 4) is 22.8 Å². The highest BCUT2D eigenvalue weighted by molar-refractivity contribution is 6.00. The number of anilines is 1. The summed E-state index contributed by atoms with van der Waals surface area (Å²) in [5.74, 6) is -3.65. The molecule has 2 amide bonds. The molecule has 0 saturated carbocycles. The molecule has 2 aromatic heterocycles. The Bertz CT molecular complexity index is 1540. The Morgan fingerprint density at radius 3 is 2.33 bits per heavy atom. The van der Waals surface area contributed by atoms with Gasteiger partial charge in [-0.3, -0.25) is 9.59 Å². The number of likely N-dealkylation sites (tertiary alicyclic amines) is 1. The van der Waals surface area contributed by atoms with Crippen molar-refractivity contribution in [3.05, 3.63) is 35.7 Å². The molecule has 0 spiro atoms. The van der Waals surface area contributed by atoms with E-state index in [1.165, 1.54) is 13.2 Å². The molecule has 42 heavy (non-hydrogen) atoms. The Morgan fingerprint density at radius 1 is 1.10 bits per heavy atom. The lowest BCUT2D eigenvalue weighted by molar-refractivity contribution is -0.249. The fraction of sp³-hybridized carbons (Fsp3) is 0.417. The summed E-state index contributed by atoms with van der Waals surface area (Å²) < 4.78 is 107. The lowest BCUT2D eigenvalue weighted by Gasteiger charge is -2.29. The zero-order valence-electron chi connectivity index (χ0n) is 22.0.